The second kappa shape index (κ2) is 5.16. The molecule has 0 radical (unpaired) electrons. The molecule has 2 amide bonds. The number of amides is 2. The van der Waals surface area contributed by atoms with E-state index in [-0.39, 0.29) is 23.1 Å². The Morgan fingerprint density at radius 1 is 1.26 bits per heavy atom. The standard InChI is InChI=1S/C16H21NO2/c1-16(2,3)13-6-4-5-11(10-13)9-12-7-8-14(18)17-15(12)19/h4-6,10,12H,7-9H2,1-3H3,(H,17,18,19). The quantitative estimate of drug-likeness (QED) is 0.830. The summed E-state index contributed by atoms with van der Waals surface area (Å²) < 4.78 is 0. The molecule has 0 aliphatic carbocycles. The Bertz CT molecular complexity index is 500. The van der Waals surface area contributed by atoms with Crippen molar-refractivity contribution in [3.8, 4) is 0 Å². The summed E-state index contributed by atoms with van der Waals surface area (Å²) in [7, 11) is 0. The molecule has 2 rings (SSSR count). The molecule has 1 fully saturated rings. The van der Waals surface area contributed by atoms with E-state index in [1.807, 2.05) is 6.07 Å². The van der Waals surface area contributed by atoms with Gasteiger partial charge in [0.2, 0.25) is 11.8 Å². The van der Waals surface area contributed by atoms with Crippen LogP contribution in [0.5, 0.6) is 0 Å². The van der Waals surface area contributed by atoms with E-state index < -0.39 is 0 Å². The van der Waals surface area contributed by atoms with Gasteiger partial charge in [-0.25, -0.2) is 0 Å². The molecule has 1 N–H and O–H groups in total. The van der Waals surface area contributed by atoms with Crippen LogP contribution in [-0.2, 0) is 21.4 Å². The molecule has 3 nitrogen and oxygen atoms in total. The second-order valence-electron chi connectivity index (χ2n) is 6.30. The van der Waals surface area contributed by atoms with Gasteiger partial charge < -0.3 is 0 Å². The number of rotatable bonds is 2. The van der Waals surface area contributed by atoms with E-state index in [0.717, 1.165) is 0 Å². The molecule has 1 aliphatic heterocycles. The van der Waals surface area contributed by atoms with Crippen molar-refractivity contribution in [3.05, 3.63) is 35.4 Å². The Labute approximate surface area is 114 Å². The fourth-order valence-electron chi connectivity index (χ4n) is 2.38. The molecule has 1 heterocycles. The Kier molecular flexibility index (Phi) is 3.74. The third kappa shape index (κ3) is 3.43. The maximum Gasteiger partial charge on any atom is 0.230 e. The summed E-state index contributed by atoms with van der Waals surface area (Å²) in [5.41, 5.74) is 2.56. The van der Waals surface area contributed by atoms with Gasteiger partial charge in [0.25, 0.3) is 0 Å². The predicted octanol–water partition coefficient (Wildman–Crippen LogP) is 2.58. The zero-order chi connectivity index (χ0) is 14.0. The highest BCUT2D eigenvalue weighted by Crippen LogP contribution is 2.25. The summed E-state index contributed by atoms with van der Waals surface area (Å²) in [4.78, 5) is 22.9. The van der Waals surface area contributed by atoms with Gasteiger partial charge in [0.05, 0.1) is 0 Å². The summed E-state index contributed by atoms with van der Waals surface area (Å²) in [5, 5.41) is 2.42. The van der Waals surface area contributed by atoms with Crippen LogP contribution in [0.4, 0.5) is 0 Å². The molecule has 0 saturated carbocycles. The first-order valence-electron chi connectivity index (χ1n) is 6.79. The normalized spacial score (nSPS) is 20.3. The minimum atomic E-state index is -0.148. The lowest BCUT2D eigenvalue weighted by atomic mass is 9.84. The topological polar surface area (TPSA) is 46.2 Å². The van der Waals surface area contributed by atoms with Crippen LogP contribution in [-0.4, -0.2) is 11.8 Å². The minimum absolute atomic E-state index is 0.0760. The number of benzene rings is 1. The number of piperidine rings is 1. The number of nitrogens with one attached hydrogen (secondary N) is 1. The molecule has 1 aliphatic rings. The van der Waals surface area contributed by atoms with E-state index in [1.165, 1.54) is 11.1 Å². The largest absolute Gasteiger partial charge is 0.296 e. The van der Waals surface area contributed by atoms with Gasteiger partial charge in [0, 0.05) is 12.3 Å². The first kappa shape index (κ1) is 13.8. The molecule has 0 aromatic heterocycles. The smallest absolute Gasteiger partial charge is 0.230 e. The van der Waals surface area contributed by atoms with E-state index in [9.17, 15) is 9.59 Å². The van der Waals surface area contributed by atoms with E-state index in [0.29, 0.717) is 19.3 Å². The molecule has 1 unspecified atom stereocenters. The van der Waals surface area contributed by atoms with Crippen LogP contribution in [0.15, 0.2) is 24.3 Å². The lowest BCUT2D eigenvalue weighted by Gasteiger charge is -2.23. The van der Waals surface area contributed by atoms with Gasteiger partial charge >= 0.3 is 0 Å². The van der Waals surface area contributed by atoms with Gasteiger partial charge in [-0.1, -0.05) is 45.0 Å². The van der Waals surface area contributed by atoms with Crippen molar-refractivity contribution >= 4 is 11.8 Å². The number of hydrogen-bond donors (Lipinski definition) is 1. The molecule has 102 valence electrons. The van der Waals surface area contributed by atoms with Crippen LogP contribution in [0.2, 0.25) is 0 Å². The van der Waals surface area contributed by atoms with Gasteiger partial charge in [0.15, 0.2) is 0 Å². The van der Waals surface area contributed by atoms with Crippen LogP contribution in [0.25, 0.3) is 0 Å². The molecule has 0 bridgehead atoms. The van der Waals surface area contributed by atoms with Crippen molar-refractivity contribution in [2.45, 2.75) is 45.4 Å². The number of hydrogen-bond acceptors (Lipinski definition) is 2. The molecule has 1 aromatic rings. The molecule has 0 spiro atoms. The fraction of sp³-hybridized carbons (Fsp3) is 0.500. The Morgan fingerprint density at radius 3 is 2.63 bits per heavy atom. The molecule has 1 aromatic carbocycles. The molecular formula is C16H21NO2. The predicted molar refractivity (Wildman–Crippen MR) is 74.7 cm³/mol. The van der Waals surface area contributed by atoms with Crippen LogP contribution >= 0.6 is 0 Å². The van der Waals surface area contributed by atoms with Gasteiger partial charge in [-0.2, -0.15) is 0 Å². The van der Waals surface area contributed by atoms with E-state index in [4.69, 9.17) is 0 Å². The van der Waals surface area contributed by atoms with Crippen LogP contribution in [0.1, 0.15) is 44.7 Å². The summed E-state index contributed by atoms with van der Waals surface area (Å²) in [5.74, 6) is -0.352. The van der Waals surface area contributed by atoms with Gasteiger partial charge in [-0.3, -0.25) is 14.9 Å². The van der Waals surface area contributed by atoms with Crippen molar-refractivity contribution in [1.29, 1.82) is 0 Å². The van der Waals surface area contributed by atoms with Crippen molar-refractivity contribution < 1.29 is 9.59 Å². The lowest BCUT2D eigenvalue weighted by molar-refractivity contribution is -0.136. The van der Waals surface area contributed by atoms with Gasteiger partial charge in [-0.15, -0.1) is 0 Å². The zero-order valence-corrected chi connectivity index (χ0v) is 11.8. The monoisotopic (exact) mass is 259 g/mol. The highest BCUT2D eigenvalue weighted by Gasteiger charge is 2.26. The van der Waals surface area contributed by atoms with E-state index in [2.05, 4.69) is 44.3 Å². The summed E-state index contributed by atoms with van der Waals surface area (Å²) in [6.45, 7) is 6.54. The summed E-state index contributed by atoms with van der Waals surface area (Å²) in [6.07, 6.45) is 1.82. The van der Waals surface area contributed by atoms with E-state index >= 15 is 0 Å². The van der Waals surface area contributed by atoms with Crippen LogP contribution < -0.4 is 5.32 Å². The third-order valence-corrected chi connectivity index (χ3v) is 3.63. The molecular weight excluding hydrogens is 238 g/mol. The van der Waals surface area contributed by atoms with Crippen molar-refractivity contribution in [1.82, 2.24) is 5.32 Å². The molecule has 1 saturated heterocycles. The maximum absolute atomic E-state index is 11.8. The average Bonchev–Trinajstić information content (AvgIpc) is 2.32. The highest BCUT2D eigenvalue weighted by molar-refractivity contribution is 5.98. The zero-order valence-electron chi connectivity index (χ0n) is 11.8. The number of carbonyl (C=O) groups is 2. The van der Waals surface area contributed by atoms with Crippen molar-refractivity contribution in [3.63, 3.8) is 0 Å². The Morgan fingerprint density at radius 2 is 2.00 bits per heavy atom. The van der Waals surface area contributed by atoms with Crippen LogP contribution in [0, 0.1) is 5.92 Å². The van der Waals surface area contributed by atoms with E-state index in [1.54, 1.807) is 0 Å². The number of carbonyl (C=O) groups excluding carboxylic acids is 2. The lowest BCUT2D eigenvalue weighted by Crippen LogP contribution is -2.41. The van der Waals surface area contributed by atoms with Crippen molar-refractivity contribution in [2.24, 2.45) is 5.92 Å². The second-order valence-corrected chi connectivity index (χ2v) is 6.30. The summed E-state index contributed by atoms with van der Waals surface area (Å²) >= 11 is 0. The fourth-order valence-corrected chi connectivity index (χ4v) is 2.38. The van der Waals surface area contributed by atoms with Gasteiger partial charge in [-0.05, 0) is 29.4 Å². The molecule has 19 heavy (non-hydrogen) atoms. The SMILES string of the molecule is CC(C)(C)c1cccc(CC2CCC(=O)NC2=O)c1. The number of imide groups is 1. The minimum Gasteiger partial charge on any atom is -0.296 e. The first-order valence-corrected chi connectivity index (χ1v) is 6.79. The molecule has 3 heteroatoms. The van der Waals surface area contributed by atoms with Gasteiger partial charge in [0.1, 0.15) is 0 Å². The third-order valence-electron chi connectivity index (χ3n) is 3.63. The first-order chi connectivity index (χ1) is 8.86. The highest BCUT2D eigenvalue weighted by atomic mass is 16.2. The van der Waals surface area contributed by atoms with Crippen LogP contribution in [0.3, 0.4) is 0 Å². The Balaban J connectivity index is 2.11. The average molecular weight is 259 g/mol. The maximum atomic E-state index is 11.8. The molecule has 1 atom stereocenters. The van der Waals surface area contributed by atoms with Crippen molar-refractivity contribution in [2.75, 3.05) is 0 Å². The Hall–Kier alpha value is -1.64. The summed E-state index contributed by atoms with van der Waals surface area (Å²) in [6, 6.07) is 8.39.